The molecule has 0 spiro atoms. The summed E-state index contributed by atoms with van der Waals surface area (Å²) in [6.07, 6.45) is 0.198. The van der Waals surface area contributed by atoms with Gasteiger partial charge >= 0.3 is 0 Å². The van der Waals surface area contributed by atoms with E-state index in [1.165, 1.54) is 0 Å². The summed E-state index contributed by atoms with van der Waals surface area (Å²) in [6.45, 7) is 4.25. The van der Waals surface area contributed by atoms with Gasteiger partial charge in [-0.3, -0.25) is 0 Å². The topological polar surface area (TPSA) is 26.0 Å². The van der Waals surface area contributed by atoms with Crippen LogP contribution in [-0.2, 0) is 0 Å². The summed E-state index contributed by atoms with van der Waals surface area (Å²) in [5.41, 5.74) is 4.94. The summed E-state index contributed by atoms with van der Waals surface area (Å²) in [5.74, 6) is -2.76. The van der Waals surface area contributed by atoms with Crippen LogP contribution in [0.1, 0.15) is 13.3 Å². The van der Waals surface area contributed by atoms with Crippen LogP contribution in [0.4, 0.5) is 8.78 Å². The van der Waals surface area contributed by atoms with Gasteiger partial charge in [0.25, 0.3) is 5.92 Å². The van der Waals surface area contributed by atoms with Gasteiger partial charge in [0.1, 0.15) is 0 Å². The largest absolute Gasteiger partial charge is 0.330 e. The van der Waals surface area contributed by atoms with Gasteiger partial charge in [0, 0.05) is 6.92 Å². The van der Waals surface area contributed by atoms with Crippen LogP contribution in [0.5, 0.6) is 0 Å². The number of hydrogen-bond acceptors (Lipinski definition) is 1. The lowest BCUT2D eigenvalue weighted by Crippen LogP contribution is -2.15. The lowest BCUT2D eigenvalue weighted by atomic mass is 10.1. The average Bonchev–Trinajstić information content (AvgIpc) is 1.64. The molecule has 0 saturated carbocycles. The minimum Gasteiger partial charge on any atom is -0.330 e. The second kappa shape index (κ2) is 2.92. The van der Waals surface area contributed by atoms with Gasteiger partial charge in [0.15, 0.2) is 0 Å². The Morgan fingerprint density at radius 2 is 2.11 bits per heavy atom. The molecule has 0 aromatic carbocycles. The molecule has 0 rings (SSSR count). The second-order valence-corrected chi connectivity index (χ2v) is 2.03. The van der Waals surface area contributed by atoms with Crippen LogP contribution in [0.2, 0.25) is 0 Å². The molecule has 0 aromatic heterocycles. The molecule has 0 heterocycles. The van der Waals surface area contributed by atoms with Crippen molar-refractivity contribution in [3.05, 3.63) is 12.2 Å². The molecule has 0 aliphatic rings. The van der Waals surface area contributed by atoms with E-state index in [0.717, 1.165) is 6.92 Å². The molecule has 0 atom stereocenters. The molecule has 9 heavy (non-hydrogen) atoms. The van der Waals surface area contributed by atoms with E-state index in [-0.39, 0.29) is 18.5 Å². The highest BCUT2D eigenvalue weighted by Crippen LogP contribution is 2.22. The van der Waals surface area contributed by atoms with Crippen molar-refractivity contribution in [2.75, 3.05) is 6.54 Å². The van der Waals surface area contributed by atoms with Crippen molar-refractivity contribution >= 4 is 0 Å². The number of hydrogen-bond donors (Lipinski definition) is 1. The molecule has 1 nitrogen and oxygen atoms in total. The molecule has 3 heteroatoms. The van der Waals surface area contributed by atoms with Crippen molar-refractivity contribution in [2.24, 2.45) is 5.73 Å². The highest BCUT2D eigenvalue weighted by molar-refractivity contribution is 5.05. The predicted molar refractivity (Wildman–Crippen MR) is 33.4 cm³/mol. The van der Waals surface area contributed by atoms with Crippen molar-refractivity contribution in [2.45, 2.75) is 19.3 Å². The van der Waals surface area contributed by atoms with Crippen molar-refractivity contribution in [3.8, 4) is 0 Å². The highest BCUT2D eigenvalue weighted by atomic mass is 19.3. The predicted octanol–water partition coefficient (Wildman–Crippen LogP) is 1.55. The maximum absolute atomic E-state index is 12.1. The van der Waals surface area contributed by atoms with Gasteiger partial charge < -0.3 is 5.73 Å². The molecule has 0 unspecified atom stereocenters. The van der Waals surface area contributed by atoms with Crippen LogP contribution in [0.15, 0.2) is 12.2 Å². The molecule has 0 bridgehead atoms. The van der Waals surface area contributed by atoms with E-state index >= 15 is 0 Å². The van der Waals surface area contributed by atoms with Crippen LogP contribution >= 0.6 is 0 Å². The van der Waals surface area contributed by atoms with Crippen molar-refractivity contribution in [3.63, 3.8) is 0 Å². The van der Waals surface area contributed by atoms with E-state index in [2.05, 4.69) is 6.58 Å². The summed E-state index contributed by atoms with van der Waals surface area (Å²) < 4.78 is 24.3. The van der Waals surface area contributed by atoms with E-state index < -0.39 is 5.92 Å². The fraction of sp³-hybridized carbons (Fsp3) is 0.667. The Kier molecular flexibility index (Phi) is 2.77. The molecule has 0 aliphatic heterocycles. The average molecular weight is 135 g/mol. The Balaban J connectivity index is 3.74. The summed E-state index contributed by atoms with van der Waals surface area (Å²) in [5, 5.41) is 0. The zero-order valence-corrected chi connectivity index (χ0v) is 5.45. The molecule has 0 aromatic rings. The van der Waals surface area contributed by atoms with E-state index in [0.29, 0.717) is 0 Å². The fourth-order valence-corrected chi connectivity index (χ4v) is 0.394. The van der Waals surface area contributed by atoms with Gasteiger partial charge in [-0.05, 0) is 18.5 Å². The van der Waals surface area contributed by atoms with Crippen LogP contribution in [0.25, 0.3) is 0 Å². The quantitative estimate of drug-likeness (QED) is 0.584. The zero-order chi connectivity index (χ0) is 7.49. The van der Waals surface area contributed by atoms with Gasteiger partial charge in [-0.2, -0.15) is 0 Å². The van der Waals surface area contributed by atoms with E-state index in [1.807, 2.05) is 0 Å². The number of rotatable bonds is 3. The van der Waals surface area contributed by atoms with E-state index in [9.17, 15) is 8.78 Å². The maximum Gasteiger partial charge on any atom is 0.266 e. The molecule has 0 amide bonds. The van der Waals surface area contributed by atoms with Crippen molar-refractivity contribution in [1.82, 2.24) is 0 Å². The van der Waals surface area contributed by atoms with Gasteiger partial charge in [0.2, 0.25) is 0 Å². The molecule has 0 aliphatic carbocycles. The van der Waals surface area contributed by atoms with Crippen LogP contribution in [-0.4, -0.2) is 12.5 Å². The first-order valence-corrected chi connectivity index (χ1v) is 2.74. The Morgan fingerprint density at radius 3 is 2.22 bits per heavy atom. The van der Waals surface area contributed by atoms with Crippen LogP contribution < -0.4 is 5.73 Å². The minimum atomic E-state index is -2.76. The van der Waals surface area contributed by atoms with Gasteiger partial charge in [-0.15, -0.1) is 0 Å². The third-order valence-corrected chi connectivity index (χ3v) is 1.07. The van der Waals surface area contributed by atoms with E-state index in [4.69, 9.17) is 5.73 Å². The zero-order valence-electron chi connectivity index (χ0n) is 5.45. The standard InChI is InChI=1S/C6H11F2N/c1-5(3-4-9)6(2,7)8/h1,3-4,9H2,2H3. The second-order valence-electron chi connectivity index (χ2n) is 2.03. The third-order valence-electron chi connectivity index (χ3n) is 1.07. The summed E-state index contributed by atoms with van der Waals surface area (Å²) in [4.78, 5) is 0. The normalized spacial score (nSPS) is 11.6. The first-order chi connectivity index (χ1) is 3.98. The van der Waals surface area contributed by atoms with Gasteiger partial charge in [-0.25, -0.2) is 8.78 Å². The number of halogens is 2. The Morgan fingerprint density at radius 1 is 1.67 bits per heavy atom. The Labute approximate surface area is 53.5 Å². The van der Waals surface area contributed by atoms with Gasteiger partial charge in [-0.1, -0.05) is 6.58 Å². The molecular formula is C6H11F2N. The molecule has 0 radical (unpaired) electrons. The van der Waals surface area contributed by atoms with Gasteiger partial charge in [0.05, 0.1) is 0 Å². The fourth-order valence-electron chi connectivity index (χ4n) is 0.394. The monoisotopic (exact) mass is 135 g/mol. The lowest BCUT2D eigenvalue weighted by Gasteiger charge is -2.11. The summed E-state index contributed by atoms with van der Waals surface area (Å²) in [7, 11) is 0. The molecule has 0 fully saturated rings. The molecule has 2 N–H and O–H groups in total. The van der Waals surface area contributed by atoms with Crippen LogP contribution in [0.3, 0.4) is 0 Å². The third kappa shape index (κ3) is 3.19. The van der Waals surface area contributed by atoms with Crippen molar-refractivity contribution < 1.29 is 8.78 Å². The Hall–Kier alpha value is -0.440. The molecular weight excluding hydrogens is 124 g/mol. The minimum absolute atomic E-state index is 0.0926. The van der Waals surface area contributed by atoms with Crippen molar-refractivity contribution in [1.29, 1.82) is 0 Å². The summed E-state index contributed by atoms with van der Waals surface area (Å²) >= 11 is 0. The number of nitrogens with two attached hydrogens (primary N) is 1. The Bertz CT molecular complexity index is 104. The molecule has 0 saturated heterocycles. The molecule has 54 valence electrons. The van der Waals surface area contributed by atoms with E-state index in [1.54, 1.807) is 0 Å². The SMILES string of the molecule is C=C(CCN)C(C)(F)F. The highest BCUT2D eigenvalue weighted by Gasteiger charge is 2.24. The number of alkyl halides is 2. The maximum atomic E-state index is 12.1. The summed E-state index contributed by atoms with van der Waals surface area (Å²) in [6, 6.07) is 0. The lowest BCUT2D eigenvalue weighted by molar-refractivity contribution is 0.0605. The smallest absolute Gasteiger partial charge is 0.266 e. The van der Waals surface area contributed by atoms with Crippen LogP contribution in [0, 0.1) is 0 Å². The first kappa shape index (κ1) is 8.56. The first-order valence-electron chi connectivity index (χ1n) is 2.74.